The number of hydrogen-bond acceptors (Lipinski definition) is 2. The van der Waals surface area contributed by atoms with Gasteiger partial charge in [-0.1, -0.05) is 6.07 Å². The molecule has 0 spiro atoms. The first-order valence-electron chi connectivity index (χ1n) is 5.51. The first-order chi connectivity index (χ1) is 8.66. The van der Waals surface area contributed by atoms with Crippen LogP contribution in [0, 0.1) is 5.82 Å². The molecule has 0 aliphatic carbocycles. The van der Waals surface area contributed by atoms with Crippen LogP contribution in [0.15, 0.2) is 51.9 Å². The molecule has 1 aromatic heterocycles. The lowest BCUT2D eigenvalue weighted by molar-refractivity contribution is 0.627. The van der Waals surface area contributed by atoms with Gasteiger partial charge in [0.15, 0.2) is 0 Å². The van der Waals surface area contributed by atoms with E-state index in [1.807, 2.05) is 6.07 Å². The van der Waals surface area contributed by atoms with Gasteiger partial charge in [-0.3, -0.25) is 4.79 Å². The molecule has 2 rings (SSSR count). The Labute approximate surface area is 112 Å². The smallest absolute Gasteiger partial charge is 0.250 e. The van der Waals surface area contributed by atoms with Crippen molar-refractivity contribution in [2.75, 3.05) is 11.9 Å². The summed E-state index contributed by atoms with van der Waals surface area (Å²) in [6, 6.07) is 9.50. The minimum Gasteiger partial charge on any atom is -0.382 e. The number of rotatable bonds is 4. The Kier molecular flexibility index (Phi) is 4.15. The maximum Gasteiger partial charge on any atom is 0.250 e. The predicted molar refractivity (Wildman–Crippen MR) is 73.3 cm³/mol. The average Bonchev–Trinajstić information content (AvgIpc) is 2.34. The number of halogens is 2. The van der Waals surface area contributed by atoms with Gasteiger partial charge < -0.3 is 9.88 Å². The Bertz CT molecular complexity index is 598. The maximum atomic E-state index is 12.9. The van der Waals surface area contributed by atoms with Crippen molar-refractivity contribution in [3.05, 3.63) is 63.2 Å². The van der Waals surface area contributed by atoms with Crippen molar-refractivity contribution in [1.82, 2.24) is 4.57 Å². The van der Waals surface area contributed by atoms with Crippen LogP contribution in [0.3, 0.4) is 0 Å². The van der Waals surface area contributed by atoms with Crippen LogP contribution < -0.4 is 10.9 Å². The van der Waals surface area contributed by atoms with E-state index in [0.29, 0.717) is 17.6 Å². The van der Waals surface area contributed by atoms with Gasteiger partial charge in [0, 0.05) is 35.5 Å². The van der Waals surface area contributed by atoms with Crippen molar-refractivity contribution < 1.29 is 4.39 Å². The van der Waals surface area contributed by atoms with E-state index in [1.165, 1.54) is 18.2 Å². The normalized spacial score (nSPS) is 10.3. The number of aromatic nitrogens is 1. The summed E-state index contributed by atoms with van der Waals surface area (Å²) in [7, 11) is 0. The van der Waals surface area contributed by atoms with E-state index in [2.05, 4.69) is 21.2 Å². The zero-order valence-corrected chi connectivity index (χ0v) is 11.2. The summed E-state index contributed by atoms with van der Waals surface area (Å²) in [5.74, 6) is -0.285. The lowest BCUT2D eigenvalue weighted by Crippen LogP contribution is -2.22. The highest BCUT2D eigenvalue weighted by Gasteiger charge is 2.00. The molecule has 1 heterocycles. The van der Waals surface area contributed by atoms with Gasteiger partial charge in [-0.15, -0.1) is 0 Å². The third-order valence-corrected chi connectivity index (χ3v) is 3.15. The van der Waals surface area contributed by atoms with Crippen molar-refractivity contribution in [3.8, 4) is 0 Å². The highest BCUT2D eigenvalue weighted by Crippen LogP contribution is 2.22. The summed E-state index contributed by atoms with van der Waals surface area (Å²) in [4.78, 5) is 11.4. The summed E-state index contributed by atoms with van der Waals surface area (Å²) in [5.41, 5.74) is 0.776. The van der Waals surface area contributed by atoms with E-state index in [-0.39, 0.29) is 11.4 Å². The highest BCUT2D eigenvalue weighted by atomic mass is 79.9. The Morgan fingerprint density at radius 3 is 2.83 bits per heavy atom. The molecule has 5 heteroatoms. The van der Waals surface area contributed by atoms with Gasteiger partial charge in [0.05, 0.1) is 0 Å². The number of nitrogens with zero attached hydrogens (tertiary/aromatic N) is 1. The molecule has 0 unspecified atom stereocenters. The summed E-state index contributed by atoms with van der Waals surface area (Å²) >= 11 is 3.28. The minimum absolute atomic E-state index is 0.0301. The largest absolute Gasteiger partial charge is 0.382 e. The number of nitrogens with one attached hydrogen (secondary N) is 1. The highest BCUT2D eigenvalue weighted by molar-refractivity contribution is 9.10. The molecule has 1 N–H and O–H groups in total. The molecule has 3 nitrogen and oxygen atoms in total. The maximum absolute atomic E-state index is 12.9. The van der Waals surface area contributed by atoms with Crippen LogP contribution in [-0.2, 0) is 6.54 Å². The number of benzene rings is 1. The molecule has 0 aliphatic rings. The Hall–Kier alpha value is -1.62. The third-order valence-electron chi connectivity index (χ3n) is 2.50. The lowest BCUT2D eigenvalue weighted by Gasteiger charge is -2.09. The topological polar surface area (TPSA) is 34.0 Å². The van der Waals surface area contributed by atoms with Gasteiger partial charge >= 0.3 is 0 Å². The van der Waals surface area contributed by atoms with Gasteiger partial charge in [-0.05, 0) is 40.2 Å². The molecule has 0 saturated carbocycles. The molecule has 0 fully saturated rings. The summed E-state index contributed by atoms with van der Waals surface area (Å²) < 4.78 is 15.2. The molecular weight excluding hydrogens is 299 g/mol. The summed E-state index contributed by atoms with van der Waals surface area (Å²) in [5, 5.41) is 3.14. The second-order valence-electron chi connectivity index (χ2n) is 3.78. The standard InChI is InChI=1S/C13H12BrFN2O/c14-11-9-10(15)4-5-12(11)16-6-8-17-7-2-1-3-13(17)18/h1-5,7,9,16H,6,8H2. The molecule has 0 amide bonds. The quantitative estimate of drug-likeness (QED) is 0.942. The molecule has 2 aromatic rings. The van der Waals surface area contributed by atoms with Crippen LogP contribution in [0.5, 0.6) is 0 Å². The molecule has 18 heavy (non-hydrogen) atoms. The fourth-order valence-electron chi connectivity index (χ4n) is 1.59. The van der Waals surface area contributed by atoms with Gasteiger partial charge in [0.1, 0.15) is 5.82 Å². The first-order valence-corrected chi connectivity index (χ1v) is 6.30. The second-order valence-corrected chi connectivity index (χ2v) is 4.64. The predicted octanol–water partition coefficient (Wildman–Crippen LogP) is 2.86. The molecule has 1 aromatic carbocycles. The van der Waals surface area contributed by atoms with Crippen molar-refractivity contribution in [2.45, 2.75) is 6.54 Å². The van der Waals surface area contributed by atoms with Crippen molar-refractivity contribution >= 4 is 21.6 Å². The van der Waals surface area contributed by atoms with Crippen LogP contribution in [0.4, 0.5) is 10.1 Å². The molecular formula is C13H12BrFN2O. The van der Waals surface area contributed by atoms with Crippen LogP contribution in [0.25, 0.3) is 0 Å². The van der Waals surface area contributed by atoms with Crippen molar-refractivity contribution in [2.24, 2.45) is 0 Å². The molecule has 94 valence electrons. The zero-order chi connectivity index (χ0) is 13.0. The summed E-state index contributed by atoms with van der Waals surface area (Å²) in [6.07, 6.45) is 1.74. The van der Waals surface area contributed by atoms with Gasteiger partial charge in [0.2, 0.25) is 0 Å². The van der Waals surface area contributed by atoms with E-state index >= 15 is 0 Å². The monoisotopic (exact) mass is 310 g/mol. The minimum atomic E-state index is -0.285. The summed E-state index contributed by atoms with van der Waals surface area (Å²) in [6.45, 7) is 1.15. The number of pyridine rings is 1. The van der Waals surface area contributed by atoms with Gasteiger partial charge in [0.25, 0.3) is 5.56 Å². The van der Waals surface area contributed by atoms with Crippen LogP contribution in [-0.4, -0.2) is 11.1 Å². The zero-order valence-electron chi connectivity index (χ0n) is 9.57. The fourth-order valence-corrected chi connectivity index (χ4v) is 2.08. The third kappa shape index (κ3) is 3.20. The molecule has 0 bridgehead atoms. The van der Waals surface area contributed by atoms with E-state index in [1.54, 1.807) is 22.9 Å². The van der Waals surface area contributed by atoms with E-state index < -0.39 is 0 Å². The Balaban J connectivity index is 1.97. The molecule has 0 atom stereocenters. The van der Waals surface area contributed by atoms with Crippen LogP contribution in [0.1, 0.15) is 0 Å². The average molecular weight is 311 g/mol. The fraction of sp³-hybridized carbons (Fsp3) is 0.154. The van der Waals surface area contributed by atoms with Crippen molar-refractivity contribution in [3.63, 3.8) is 0 Å². The number of anilines is 1. The van der Waals surface area contributed by atoms with E-state index in [9.17, 15) is 9.18 Å². The second kappa shape index (κ2) is 5.82. The van der Waals surface area contributed by atoms with Crippen molar-refractivity contribution in [1.29, 1.82) is 0 Å². The first kappa shape index (κ1) is 12.8. The van der Waals surface area contributed by atoms with Crippen LogP contribution in [0.2, 0.25) is 0 Å². The van der Waals surface area contributed by atoms with Crippen LogP contribution >= 0.6 is 15.9 Å². The van der Waals surface area contributed by atoms with E-state index in [0.717, 1.165) is 5.69 Å². The molecule has 0 saturated heterocycles. The molecule has 0 aliphatic heterocycles. The van der Waals surface area contributed by atoms with Gasteiger partial charge in [-0.25, -0.2) is 4.39 Å². The van der Waals surface area contributed by atoms with Gasteiger partial charge in [-0.2, -0.15) is 0 Å². The van der Waals surface area contributed by atoms with E-state index in [4.69, 9.17) is 0 Å². The lowest BCUT2D eigenvalue weighted by atomic mass is 10.3. The Morgan fingerprint density at radius 1 is 1.28 bits per heavy atom. The number of hydrogen-bond donors (Lipinski definition) is 1. The molecule has 0 radical (unpaired) electrons. The Morgan fingerprint density at radius 2 is 2.11 bits per heavy atom. The SMILES string of the molecule is O=c1ccccn1CCNc1ccc(F)cc1Br.